The molecular formula is C16H25O6S3-. The van der Waals surface area contributed by atoms with Crippen LogP contribution in [0.2, 0.25) is 0 Å². The normalized spacial score (nSPS) is 41.0. The van der Waals surface area contributed by atoms with Gasteiger partial charge >= 0.3 is 0 Å². The van der Waals surface area contributed by atoms with E-state index in [1.54, 1.807) is 0 Å². The second kappa shape index (κ2) is 5.67. The third kappa shape index (κ3) is 2.79. The average molecular weight is 410 g/mol. The van der Waals surface area contributed by atoms with Crippen LogP contribution in [0.3, 0.4) is 0 Å². The van der Waals surface area contributed by atoms with E-state index in [-0.39, 0.29) is 23.7 Å². The Kier molecular flexibility index (Phi) is 4.14. The van der Waals surface area contributed by atoms with E-state index in [0.29, 0.717) is 12.8 Å². The van der Waals surface area contributed by atoms with Gasteiger partial charge in [0.15, 0.2) is 0 Å². The van der Waals surface area contributed by atoms with E-state index in [1.165, 1.54) is 0 Å². The first kappa shape index (κ1) is 18.2. The van der Waals surface area contributed by atoms with E-state index in [1.807, 2.05) is 0 Å². The van der Waals surface area contributed by atoms with Crippen LogP contribution >= 0.6 is 0 Å². The highest BCUT2D eigenvalue weighted by molar-refractivity contribution is 8.29. The first-order valence-corrected chi connectivity index (χ1v) is 14.0. The van der Waals surface area contributed by atoms with Crippen LogP contribution in [-0.4, -0.2) is 42.0 Å². The van der Waals surface area contributed by atoms with Gasteiger partial charge in [0.2, 0.25) is 0 Å². The first-order chi connectivity index (χ1) is 11.5. The van der Waals surface area contributed by atoms with Gasteiger partial charge in [-0.15, -0.1) is 0 Å². The third-order valence-corrected chi connectivity index (χ3v) is 15.8. The maximum atomic E-state index is 13.2. The Morgan fingerprint density at radius 3 is 1.28 bits per heavy atom. The van der Waals surface area contributed by atoms with Gasteiger partial charge in [-0.05, 0) is 62.2 Å². The molecule has 4 saturated carbocycles. The maximum Gasteiger partial charge on any atom is 0.0577 e. The second-order valence-corrected chi connectivity index (χ2v) is 15.5. The number of hydrogen-bond acceptors (Lipinski definition) is 6. The van der Waals surface area contributed by atoms with Gasteiger partial charge in [0.25, 0.3) is 0 Å². The quantitative estimate of drug-likeness (QED) is 0.640. The van der Waals surface area contributed by atoms with Crippen molar-refractivity contribution in [3.63, 3.8) is 0 Å². The smallest absolute Gasteiger partial charge is 0.0577 e. The van der Waals surface area contributed by atoms with Gasteiger partial charge in [0, 0.05) is 20.7 Å². The molecule has 4 fully saturated rings. The third-order valence-electron chi connectivity index (χ3n) is 6.91. The lowest BCUT2D eigenvalue weighted by molar-refractivity contribution is 0.461. The molecule has 0 saturated heterocycles. The van der Waals surface area contributed by atoms with Gasteiger partial charge in [-0.3, -0.25) is 25.3 Å². The molecule has 0 aromatic heterocycles. The zero-order chi connectivity index (χ0) is 18.2. The molecule has 6 unspecified atom stereocenters. The summed E-state index contributed by atoms with van der Waals surface area (Å²) in [6.45, 7) is 0. The molecule has 25 heavy (non-hydrogen) atoms. The summed E-state index contributed by atoms with van der Waals surface area (Å²) in [5.41, 5.74) is 0. The van der Waals surface area contributed by atoms with Gasteiger partial charge in [0.1, 0.15) is 0 Å². The van der Waals surface area contributed by atoms with Crippen molar-refractivity contribution in [3.05, 3.63) is 3.91 Å². The topological polar surface area (TPSA) is 102 Å². The molecule has 9 heteroatoms. The summed E-state index contributed by atoms with van der Waals surface area (Å²) in [6, 6.07) is 0. The summed E-state index contributed by atoms with van der Waals surface area (Å²) in [7, 11) is -13.1. The Bertz CT molecular complexity index is 815. The molecule has 144 valence electrons. The summed E-state index contributed by atoms with van der Waals surface area (Å²) in [5, 5.41) is -1.69. The van der Waals surface area contributed by atoms with Crippen LogP contribution in [-0.2, 0) is 29.5 Å². The van der Waals surface area contributed by atoms with Crippen LogP contribution in [0.1, 0.15) is 51.4 Å². The minimum absolute atomic E-state index is 0.0954. The Hall–Kier alpha value is -0.150. The van der Waals surface area contributed by atoms with Crippen LogP contribution in [0, 0.1) is 27.6 Å². The first-order valence-electron chi connectivity index (χ1n) is 9.06. The number of rotatable bonds is 5. The van der Waals surface area contributed by atoms with Crippen LogP contribution in [0.15, 0.2) is 0 Å². The molecule has 4 aliphatic carbocycles. The van der Waals surface area contributed by atoms with Crippen LogP contribution in [0.4, 0.5) is 0 Å². The molecule has 6 atom stereocenters. The molecule has 4 aliphatic rings. The molecular weight excluding hydrogens is 384 g/mol. The van der Waals surface area contributed by atoms with E-state index in [2.05, 4.69) is 0 Å². The van der Waals surface area contributed by atoms with Gasteiger partial charge in [-0.25, -0.2) is 0 Å². The molecule has 0 spiro atoms. The molecule has 0 amide bonds. The lowest BCUT2D eigenvalue weighted by atomic mass is 10.0. The lowest BCUT2D eigenvalue weighted by Gasteiger charge is -2.38. The van der Waals surface area contributed by atoms with Crippen molar-refractivity contribution in [2.24, 2.45) is 23.7 Å². The molecule has 0 heterocycles. The zero-order valence-electron chi connectivity index (χ0n) is 14.3. The fraction of sp³-hybridized carbons (Fsp3) is 0.938. The van der Waals surface area contributed by atoms with E-state index in [9.17, 15) is 25.3 Å². The van der Waals surface area contributed by atoms with Crippen molar-refractivity contribution < 1.29 is 25.3 Å². The van der Waals surface area contributed by atoms with Gasteiger partial charge in [-0.2, -0.15) is 0 Å². The number of sulfone groups is 3. The maximum absolute atomic E-state index is 13.2. The van der Waals surface area contributed by atoms with E-state index in [0.717, 1.165) is 44.8 Å². The second-order valence-electron chi connectivity index (χ2n) is 8.54. The minimum atomic E-state index is -4.36. The average Bonchev–Trinajstić information content (AvgIpc) is 3.25. The summed E-state index contributed by atoms with van der Waals surface area (Å²) in [6.07, 6.45) is 6.51. The van der Waals surface area contributed by atoms with Crippen molar-refractivity contribution in [1.29, 1.82) is 0 Å². The summed E-state index contributed by atoms with van der Waals surface area (Å²) < 4.78 is 76.3. The van der Waals surface area contributed by atoms with Crippen molar-refractivity contribution in [2.75, 3.05) is 6.26 Å². The molecule has 0 radical (unpaired) electrons. The van der Waals surface area contributed by atoms with Gasteiger partial charge in [0.05, 0.1) is 29.5 Å². The fourth-order valence-corrected chi connectivity index (χ4v) is 15.2. The standard InChI is InChI=1S/C16H25O6S3/c1-23(17,18)16(24(19,20)14-8-10-2-4-12(14)6-10)25(21,22)15-9-11-3-5-13(15)7-11/h10-15H,2-9H2,1H3/q-1. The zero-order valence-corrected chi connectivity index (χ0v) is 16.7. The fourth-order valence-electron chi connectivity index (χ4n) is 5.96. The van der Waals surface area contributed by atoms with Crippen LogP contribution in [0.25, 0.3) is 0 Å². The highest BCUT2D eigenvalue weighted by Crippen LogP contribution is 2.53. The van der Waals surface area contributed by atoms with Gasteiger partial charge in [-0.1, -0.05) is 12.8 Å². The number of hydrogen-bond donors (Lipinski definition) is 0. The molecule has 0 aromatic rings. The highest BCUT2D eigenvalue weighted by atomic mass is 32.3. The Balaban J connectivity index is 1.74. The monoisotopic (exact) mass is 409 g/mol. The van der Waals surface area contributed by atoms with E-state index >= 15 is 0 Å². The van der Waals surface area contributed by atoms with Crippen molar-refractivity contribution in [1.82, 2.24) is 0 Å². The summed E-state index contributed by atoms with van der Waals surface area (Å²) in [4.78, 5) is 0. The highest BCUT2D eigenvalue weighted by Gasteiger charge is 2.52. The Morgan fingerprint density at radius 2 is 1.04 bits per heavy atom. The molecule has 4 bridgehead atoms. The van der Waals surface area contributed by atoms with Crippen LogP contribution in [0.5, 0.6) is 0 Å². The molecule has 0 aromatic carbocycles. The predicted octanol–water partition coefficient (Wildman–Crippen LogP) is 1.68. The molecule has 0 N–H and O–H groups in total. The minimum Gasteiger partial charge on any atom is -0.260 e. The molecule has 0 aliphatic heterocycles. The predicted molar refractivity (Wildman–Crippen MR) is 94.4 cm³/mol. The van der Waals surface area contributed by atoms with Crippen molar-refractivity contribution in [2.45, 2.75) is 61.9 Å². The Morgan fingerprint density at radius 1 is 0.640 bits per heavy atom. The SMILES string of the molecule is CS(=O)(=O)[C-](S(=O)(=O)C1CC2CCC1C2)S(=O)(=O)C1CC2CCC1C2. The van der Waals surface area contributed by atoms with E-state index in [4.69, 9.17) is 0 Å². The summed E-state index contributed by atoms with van der Waals surface area (Å²) >= 11 is 0. The van der Waals surface area contributed by atoms with Crippen molar-refractivity contribution >= 4 is 29.5 Å². The largest absolute Gasteiger partial charge is 0.260 e. The molecule has 4 rings (SSSR count). The molecule has 6 nitrogen and oxygen atoms in total. The Labute approximate surface area is 150 Å². The lowest BCUT2D eigenvalue weighted by Crippen LogP contribution is -2.43. The van der Waals surface area contributed by atoms with E-state index < -0.39 is 43.9 Å². The summed E-state index contributed by atoms with van der Waals surface area (Å²) in [5.74, 6) is 0.385. The number of fused-ring (bicyclic) bond motifs is 4. The van der Waals surface area contributed by atoms with Gasteiger partial charge < -0.3 is 0 Å². The van der Waals surface area contributed by atoms with Crippen molar-refractivity contribution in [3.8, 4) is 0 Å². The van der Waals surface area contributed by atoms with Crippen LogP contribution < -0.4 is 0 Å².